The van der Waals surface area contributed by atoms with Crippen LogP contribution >= 0.6 is 12.4 Å². The third-order valence-electron chi connectivity index (χ3n) is 6.06. The summed E-state index contributed by atoms with van der Waals surface area (Å²) in [6.45, 7) is -0.136. The number of carbonyl (C=O) groups is 2. The number of halogens is 5. The topological polar surface area (TPSA) is 129 Å². The van der Waals surface area contributed by atoms with Gasteiger partial charge in [-0.25, -0.2) is 13.8 Å². The lowest BCUT2D eigenvalue weighted by molar-refractivity contribution is -0.119. The Morgan fingerprint density at radius 1 is 1.15 bits per heavy atom. The van der Waals surface area contributed by atoms with Gasteiger partial charge in [-0.1, -0.05) is 6.07 Å². The molecule has 2 aromatic carbocycles. The highest BCUT2D eigenvalue weighted by Crippen LogP contribution is 2.37. The van der Waals surface area contributed by atoms with E-state index in [-0.39, 0.29) is 53.4 Å². The van der Waals surface area contributed by atoms with Gasteiger partial charge in [0.15, 0.2) is 23.0 Å². The van der Waals surface area contributed by atoms with Crippen molar-refractivity contribution in [2.75, 3.05) is 13.2 Å². The first-order valence-electron chi connectivity index (χ1n) is 12.5. The average Bonchev–Trinajstić information content (AvgIpc) is 3.60. The van der Waals surface area contributed by atoms with E-state index >= 15 is 0 Å². The lowest BCUT2D eigenvalue weighted by atomic mass is 10.1. The molecule has 4 rings (SSSR count). The summed E-state index contributed by atoms with van der Waals surface area (Å²) in [5.74, 6) is -2.80. The zero-order valence-corrected chi connectivity index (χ0v) is 22.9. The number of rotatable bonds is 12. The minimum Gasteiger partial charge on any atom is -0.489 e. The Labute approximate surface area is 239 Å². The first kappa shape index (κ1) is 31.7. The minimum absolute atomic E-state index is 0. The molecular formula is C27H29ClF4N4O5. The number of benzene rings is 2. The maximum Gasteiger partial charge on any atom is 0.387 e. The summed E-state index contributed by atoms with van der Waals surface area (Å²) in [6.07, 6.45) is 1.96. The third-order valence-corrected chi connectivity index (χ3v) is 6.06. The molecule has 0 bridgehead atoms. The van der Waals surface area contributed by atoms with Gasteiger partial charge in [-0.05, 0) is 49.9 Å². The van der Waals surface area contributed by atoms with Crippen molar-refractivity contribution in [2.24, 2.45) is 11.7 Å². The first-order valence-corrected chi connectivity index (χ1v) is 12.5. The molecule has 1 aliphatic carbocycles. The van der Waals surface area contributed by atoms with Crippen LogP contribution in [-0.4, -0.2) is 36.6 Å². The van der Waals surface area contributed by atoms with Crippen LogP contribution in [0.1, 0.15) is 60.6 Å². The molecule has 2 atom stereocenters. The molecule has 1 unspecified atom stereocenters. The third kappa shape index (κ3) is 8.33. The quantitative estimate of drug-likeness (QED) is 0.248. The summed E-state index contributed by atoms with van der Waals surface area (Å²) in [7, 11) is 0. The molecule has 1 heterocycles. The van der Waals surface area contributed by atoms with E-state index in [4.69, 9.17) is 14.9 Å². The monoisotopic (exact) mass is 600 g/mol. The molecule has 3 aromatic rings. The maximum absolute atomic E-state index is 14.5. The van der Waals surface area contributed by atoms with Gasteiger partial charge < -0.3 is 30.3 Å². The standard InChI is InChI=1S/C27H28F4N4O5.ClH/c1-13(32)24-23(25(37)34-20(11-33-14(2)36)18-7-6-17(28)10-19(18)29)35-26(40-24)16-5-8-21(39-27(30)31)22(9-16)38-12-15-3-4-15;/h5-10,13,15,20,27H,3-4,11-12,32H2,1-2H3,(H,33,36)(H,34,37);1H/t13-,20?;/m0./s1. The van der Waals surface area contributed by atoms with Gasteiger partial charge in [0.2, 0.25) is 11.8 Å². The van der Waals surface area contributed by atoms with E-state index in [1.54, 1.807) is 6.92 Å². The van der Waals surface area contributed by atoms with Gasteiger partial charge in [-0.3, -0.25) is 9.59 Å². The van der Waals surface area contributed by atoms with Crippen LogP contribution in [0.2, 0.25) is 0 Å². The number of aromatic nitrogens is 1. The molecule has 9 nitrogen and oxygen atoms in total. The number of hydrogen-bond donors (Lipinski definition) is 3. The van der Waals surface area contributed by atoms with Crippen molar-refractivity contribution in [2.45, 2.75) is 45.4 Å². The highest BCUT2D eigenvalue weighted by atomic mass is 35.5. The molecule has 1 aliphatic rings. The summed E-state index contributed by atoms with van der Waals surface area (Å²) in [5.41, 5.74) is 6.04. The second-order valence-electron chi connectivity index (χ2n) is 9.44. The number of nitrogens with two attached hydrogens (primary N) is 1. The minimum atomic E-state index is -3.06. The molecule has 4 N–H and O–H groups in total. The Morgan fingerprint density at radius 2 is 1.88 bits per heavy atom. The van der Waals surface area contributed by atoms with Crippen LogP contribution < -0.4 is 25.8 Å². The van der Waals surface area contributed by atoms with E-state index < -0.39 is 42.1 Å². The average molecular weight is 601 g/mol. The maximum atomic E-state index is 14.5. The molecule has 0 spiro atoms. The second-order valence-corrected chi connectivity index (χ2v) is 9.44. The number of amides is 2. The zero-order valence-electron chi connectivity index (χ0n) is 22.1. The van der Waals surface area contributed by atoms with Crippen LogP contribution in [0.5, 0.6) is 11.5 Å². The van der Waals surface area contributed by atoms with E-state index in [0.717, 1.165) is 25.0 Å². The molecule has 1 fully saturated rings. The van der Waals surface area contributed by atoms with E-state index in [1.807, 2.05) is 0 Å². The van der Waals surface area contributed by atoms with Crippen LogP contribution in [0.4, 0.5) is 17.6 Å². The molecule has 222 valence electrons. The number of hydrogen-bond acceptors (Lipinski definition) is 7. The van der Waals surface area contributed by atoms with Crippen molar-refractivity contribution in [3.63, 3.8) is 0 Å². The molecule has 0 aliphatic heterocycles. The second kappa shape index (κ2) is 13.7. The Bertz CT molecular complexity index is 1380. The lowest BCUT2D eigenvalue weighted by Gasteiger charge is -2.20. The predicted octanol–water partition coefficient (Wildman–Crippen LogP) is 5.06. The summed E-state index contributed by atoms with van der Waals surface area (Å²) < 4.78 is 69.9. The van der Waals surface area contributed by atoms with Crippen molar-refractivity contribution in [3.8, 4) is 23.0 Å². The zero-order chi connectivity index (χ0) is 29.0. The van der Waals surface area contributed by atoms with Gasteiger partial charge in [0.1, 0.15) is 11.6 Å². The van der Waals surface area contributed by atoms with Gasteiger partial charge in [0.25, 0.3) is 5.91 Å². The number of alkyl halides is 2. The summed E-state index contributed by atoms with van der Waals surface area (Å²) >= 11 is 0. The largest absolute Gasteiger partial charge is 0.489 e. The highest BCUT2D eigenvalue weighted by molar-refractivity contribution is 5.94. The first-order chi connectivity index (χ1) is 19.0. The number of oxazole rings is 1. The van der Waals surface area contributed by atoms with Gasteiger partial charge in [-0.15, -0.1) is 12.4 Å². The van der Waals surface area contributed by atoms with E-state index in [2.05, 4.69) is 20.4 Å². The number of carbonyl (C=O) groups excluding carboxylic acids is 2. The van der Waals surface area contributed by atoms with Crippen LogP contribution in [-0.2, 0) is 4.79 Å². The molecular weight excluding hydrogens is 572 g/mol. The van der Waals surface area contributed by atoms with Gasteiger partial charge in [0.05, 0.1) is 18.7 Å². The Morgan fingerprint density at radius 3 is 2.49 bits per heavy atom. The normalized spacial score (nSPS) is 14.1. The highest BCUT2D eigenvalue weighted by Gasteiger charge is 2.28. The van der Waals surface area contributed by atoms with Gasteiger partial charge in [0, 0.05) is 30.7 Å². The smallest absolute Gasteiger partial charge is 0.387 e. The van der Waals surface area contributed by atoms with Crippen molar-refractivity contribution in [1.82, 2.24) is 15.6 Å². The van der Waals surface area contributed by atoms with Crippen molar-refractivity contribution in [1.29, 1.82) is 0 Å². The van der Waals surface area contributed by atoms with Crippen LogP contribution in [0, 0.1) is 17.6 Å². The van der Waals surface area contributed by atoms with Crippen molar-refractivity contribution in [3.05, 3.63) is 65.1 Å². The van der Waals surface area contributed by atoms with Gasteiger partial charge >= 0.3 is 6.61 Å². The Balaban J connectivity index is 0.00000462. The van der Waals surface area contributed by atoms with E-state index in [0.29, 0.717) is 24.2 Å². The molecule has 0 radical (unpaired) electrons. The fourth-order valence-electron chi connectivity index (χ4n) is 3.86. The molecule has 2 amide bonds. The fraction of sp³-hybridized carbons (Fsp3) is 0.370. The van der Waals surface area contributed by atoms with Gasteiger partial charge in [-0.2, -0.15) is 8.78 Å². The van der Waals surface area contributed by atoms with Crippen LogP contribution in [0.25, 0.3) is 11.5 Å². The number of ether oxygens (including phenoxy) is 2. The summed E-state index contributed by atoms with van der Waals surface area (Å²) in [4.78, 5) is 29.1. The van der Waals surface area contributed by atoms with Crippen molar-refractivity contribution >= 4 is 24.2 Å². The fourth-order valence-corrected chi connectivity index (χ4v) is 3.86. The van der Waals surface area contributed by atoms with E-state index in [9.17, 15) is 27.2 Å². The molecule has 14 heteroatoms. The number of nitrogens with zero attached hydrogens (tertiary/aromatic N) is 1. The summed E-state index contributed by atoms with van der Waals surface area (Å²) in [5, 5.41) is 5.08. The molecule has 0 saturated heterocycles. The number of nitrogens with one attached hydrogen (secondary N) is 2. The predicted molar refractivity (Wildman–Crippen MR) is 142 cm³/mol. The Hall–Kier alpha value is -3.84. The Kier molecular flexibility index (Phi) is 10.6. The molecule has 1 aromatic heterocycles. The van der Waals surface area contributed by atoms with Crippen molar-refractivity contribution < 1.29 is 41.0 Å². The van der Waals surface area contributed by atoms with E-state index in [1.165, 1.54) is 25.1 Å². The van der Waals surface area contributed by atoms with Crippen LogP contribution in [0.15, 0.2) is 40.8 Å². The summed E-state index contributed by atoms with van der Waals surface area (Å²) in [6, 6.07) is 5.05. The molecule has 1 saturated carbocycles. The molecule has 41 heavy (non-hydrogen) atoms. The lowest BCUT2D eigenvalue weighted by Crippen LogP contribution is -2.38. The SMILES string of the molecule is CC(=O)NCC(NC(=O)c1nc(-c2ccc(OC(F)F)c(OCC3CC3)c2)oc1[C@H](C)N)c1ccc(F)cc1F.Cl. The van der Waals surface area contributed by atoms with Crippen LogP contribution in [0.3, 0.4) is 0 Å².